The number of hydrogen-bond donors (Lipinski definition) is 0. The molecule has 1 spiro atoms. The van der Waals surface area contributed by atoms with Crippen LogP contribution in [-0.4, -0.2) is 57.4 Å². The van der Waals surface area contributed by atoms with Crippen LogP contribution in [-0.2, 0) is 12.6 Å². The standard InChI is InChI=1S/C28H35F3N4O/c1-19-24(20(2)33-18-32-19)25(36)34-14-11-26(3,12-15-34)35-13-8-23(27(17-35)9-10-27)16-21-4-6-22(7-5-21)28(29,30)31/h4-7,18,23H,8-17H2,1-3H3. The smallest absolute Gasteiger partial charge is 0.338 e. The third-order valence-electron chi connectivity index (χ3n) is 9.11. The van der Waals surface area contributed by atoms with Crippen LogP contribution in [0, 0.1) is 25.2 Å². The van der Waals surface area contributed by atoms with Gasteiger partial charge in [-0.15, -0.1) is 0 Å². The minimum Gasteiger partial charge on any atom is -0.338 e. The number of carbonyl (C=O) groups excluding carboxylic acids is 1. The molecule has 1 aromatic heterocycles. The van der Waals surface area contributed by atoms with Crippen LogP contribution in [0.4, 0.5) is 13.2 Å². The van der Waals surface area contributed by atoms with Crippen LogP contribution < -0.4 is 0 Å². The van der Waals surface area contributed by atoms with E-state index in [-0.39, 0.29) is 16.9 Å². The second kappa shape index (κ2) is 9.12. The Kier molecular flexibility index (Phi) is 6.38. The van der Waals surface area contributed by atoms with Gasteiger partial charge in [0.25, 0.3) is 5.91 Å². The summed E-state index contributed by atoms with van der Waals surface area (Å²) in [5.41, 5.74) is 2.85. The normalized spacial score (nSPS) is 23.6. The molecular weight excluding hydrogens is 465 g/mol. The van der Waals surface area contributed by atoms with Crippen LogP contribution in [0.2, 0.25) is 0 Å². The Labute approximate surface area is 211 Å². The molecule has 3 fully saturated rings. The fourth-order valence-corrected chi connectivity index (χ4v) is 6.40. The molecule has 1 atom stereocenters. The average Bonchev–Trinajstić information content (AvgIpc) is 3.60. The predicted molar refractivity (Wildman–Crippen MR) is 132 cm³/mol. The van der Waals surface area contributed by atoms with Gasteiger partial charge in [-0.2, -0.15) is 13.2 Å². The van der Waals surface area contributed by atoms with Crippen molar-refractivity contribution >= 4 is 5.91 Å². The highest BCUT2D eigenvalue weighted by Gasteiger charge is 2.54. The van der Waals surface area contributed by atoms with E-state index in [1.807, 2.05) is 18.7 Å². The first-order chi connectivity index (χ1) is 17.0. The van der Waals surface area contributed by atoms with Crippen molar-refractivity contribution in [3.05, 3.63) is 58.7 Å². The average molecular weight is 501 g/mol. The van der Waals surface area contributed by atoms with Crippen LogP contribution in [0.1, 0.15) is 71.9 Å². The molecule has 1 amide bonds. The van der Waals surface area contributed by atoms with E-state index in [9.17, 15) is 18.0 Å². The number of halogens is 3. The van der Waals surface area contributed by atoms with E-state index in [4.69, 9.17) is 0 Å². The van der Waals surface area contributed by atoms with Gasteiger partial charge in [-0.3, -0.25) is 9.69 Å². The minimum absolute atomic E-state index is 0.0292. The number of aromatic nitrogens is 2. The lowest BCUT2D eigenvalue weighted by Crippen LogP contribution is -2.58. The molecule has 0 N–H and O–H groups in total. The fourth-order valence-electron chi connectivity index (χ4n) is 6.40. The molecule has 36 heavy (non-hydrogen) atoms. The van der Waals surface area contributed by atoms with Gasteiger partial charge in [-0.1, -0.05) is 12.1 Å². The van der Waals surface area contributed by atoms with E-state index in [0.717, 1.165) is 68.8 Å². The second-order valence-corrected chi connectivity index (χ2v) is 11.4. The number of aryl methyl sites for hydroxylation is 2. The van der Waals surface area contributed by atoms with Crippen LogP contribution >= 0.6 is 0 Å². The summed E-state index contributed by atoms with van der Waals surface area (Å²) in [5.74, 6) is 0.543. The molecule has 5 rings (SSSR count). The molecule has 2 saturated heterocycles. The number of carbonyl (C=O) groups is 1. The quantitative estimate of drug-likeness (QED) is 0.560. The maximum Gasteiger partial charge on any atom is 0.416 e. The summed E-state index contributed by atoms with van der Waals surface area (Å²) in [7, 11) is 0. The van der Waals surface area contributed by atoms with Gasteiger partial charge in [-0.05, 0) is 94.9 Å². The lowest BCUT2D eigenvalue weighted by atomic mass is 9.75. The first-order valence-corrected chi connectivity index (χ1v) is 13.0. The number of benzene rings is 1. The van der Waals surface area contributed by atoms with E-state index in [0.29, 0.717) is 11.5 Å². The summed E-state index contributed by atoms with van der Waals surface area (Å²) in [6.45, 7) is 9.56. The van der Waals surface area contributed by atoms with E-state index in [2.05, 4.69) is 21.8 Å². The molecule has 0 radical (unpaired) electrons. The van der Waals surface area contributed by atoms with Gasteiger partial charge >= 0.3 is 6.18 Å². The maximum absolute atomic E-state index is 13.2. The summed E-state index contributed by atoms with van der Waals surface area (Å²) >= 11 is 0. The van der Waals surface area contributed by atoms with Crippen molar-refractivity contribution in [3.63, 3.8) is 0 Å². The highest BCUT2D eigenvalue weighted by molar-refractivity contribution is 5.96. The van der Waals surface area contributed by atoms with Gasteiger partial charge in [0, 0.05) is 25.2 Å². The number of rotatable bonds is 4. The van der Waals surface area contributed by atoms with Crippen molar-refractivity contribution in [2.45, 2.75) is 71.0 Å². The fraction of sp³-hybridized carbons (Fsp3) is 0.607. The molecule has 1 saturated carbocycles. The molecule has 3 heterocycles. The zero-order valence-corrected chi connectivity index (χ0v) is 21.4. The highest BCUT2D eigenvalue weighted by atomic mass is 19.4. The molecule has 1 aliphatic carbocycles. The van der Waals surface area contributed by atoms with Crippen molar-refractivity contribution in [2.75, 3.05) is 26.2 Å². The first kappa shape index (κ1) is 25.2. The van der Waals surface area contributed by atoms with E-state index >= 15 is 0 Å². The minimum atomic E-state index is -4.29. The monoisotopic (exact) mass is 500 g/mol. The molecule has 2 aliphatic heterocycles. The summed E-state index contributed by atoms with van der Waals surface area (Å²) in [6, 6.07) is 5.73. The molecule has 1 aromatic carbocycles. The largest absolute Gasteiger partial charge is 0.416 e. The van der Waals surface area contributed by atoms with Crippen LogP contribution in [0.5, 0.6) is 0 Å². The van der Waals surface area contributed by atoms with Crippen molar-refractivity contribution in [1.82, 2.24) is 19.8 Å². The predicted octanol–water partition coefficient (Wildman–Crippen LogP) is 5.45. The summed E-state index contributed by atoms with van der Waals surface area (Å²) in [5, 5.41) is 0. The van der Waals surface area contributed by atoms with Gasteiger partial charge in [0.15, 0.2) is 0 Å². The summed E-state index contributed by atoms with van der Waals surface area (Å²) < 4.78 is 38.8. The molecule has 5 nitrogen and oxygen atoms in total. The topological polar surface area (TPSA) is 49.3 Å². The van der Waals surface area contributed by atoms with E-state index < -0.39 is 11.7 Å². The Bertz CT molecular complexity index is 1100. The van der Waals surface area contributed by atoms with Crippen molar-refractivity contribution < 1.29 is 18.0 Å². The second-order valence-electron chi connectivity index (χ2n) is 11.4. The maximum atomic E-state index is 13.2. The SMILES string of the molecule is Cc1ncnc(C)c1C(=O)N1CCC(C)(N2CCC(Cc3ccc(C(F)(F)F)cc3)C3(CC3)C2)CC1. The lowest BCUT2D eigenvalue weighted by molar-refractivity contribution is -0.137. The van der Waals surface area contributed by atoms with Crippen LogP contribution in [0.15, 0.2) is 30.6 Å². The third-order valence-corrected chi connectivity index (χ3v) is 9.11. The molecule has 2 aromatic rings. The number of likely N-dealkylation sites (tertiary alicyclic amines) is 2. The number of nitrogens with zero attached hydrogens (tertiary/aromatic N) is 4. The zero-order chi connectivity index (χ0) is 25.7. The van der Waals surface area contributed by atoms with Crippen molar-refractivity contribution in [1.29, 1.82) is 0 Å². The molecule has 1 unspecified atom stereocenters. The summed E-state index contributed by atoms with van der Waals surface area (Å²) in [6.07, 6.45) is 3.40. The number of hydrogen-bond acceptors (Lipinski definition) is 4. The molecule has 0 bridgehead atoms. The summed E-state index contributed by atoms with van der Waals surface area (Å²) in [4.78, 5) is 26.2. The van der Waals surface area contributed by atoms with E-state index in [1.54, 1.807) is 12.1 Å². The number of amides is 1. The molecule has 8 heteroatoms. The van der Waals surface area contributed by atoms with Crippen LogP contribution in [0.3, 0.4) is 0 Å². The Morgan fingerprint density at radius 1 is 1.00 bits per heavy atom. The van der Waals surface area contributed by atoms with Gasteiger partial charge in [-0.25, -0.2) is 9.97 Å². The van der Waals surface area contributed by atoms with Crippen molar-refractivity contribution in [2.24, 2.45) is 11.3 Å². The van der Waals surface area contributed by atoms with Gasteiger partial charge in [0.1, 0.15) is 6.33 Å². The Balaban J connectivity index is 1.20. The Morgan fingerprint density at radius 2 is 1.61 bits per heavy atom. The molecule has 194 valence electrons. The van der Waals surface area contributed by atoms with Crippen LogP contribution in [0.25, 0.3) is 0 Å². The first-order valence-electron chi connectivity index (χ1n) is 13.0. The number of alkyl halides is 3. The molecule has 3 aliphatic rings. The third kappa shape index (κ3) is 4.76. The zero-order valence-electron chi connectivity index (χ0n) is 21.4. The van der Waals surface area contributed by atoms with Gasteiger partial charge in [0.2, 0.25) is 0 Å². The van der Waals surface area contributed by atoms with Gasteiger partial charge in [0.05, 0.1) is 22.5 Å². The lowest BCUT2D eigenvalue weighted by Gasteiger charge is -2.51. The van der Waals surface area contributed by atoms with Gasteiger partial charge < -0.3 is 4.90 Å². The number of piperidine rings is 2. The highest BCUT2D eigenvalue weighted by Crippen LogP contribution is 2.57. The van der Waals surface area contributed by atoms with Crippen molar-refractivity contribution in [3.8, 4) is 0 Å². The molecular formula is C28H35F3N4O. The Hall–Kier alpha value is -2.48. The Morgan fingerprint density at radius 3 is 2.17 bits per heavy atom. The van der Waals surface area contributed by atoms with E-state index in [1.165, 1.54) is 31.3 Å².